The average molecular weight is 260 g/mol. The van der Waals surface area contributed by atoms with Gasteiger partial charge in [0.1, 0.15) is 5.75 Å². The topological polar surface area (TPSA) is 53.8 Å². The predicted molar refractivity (Wildman–Crippen MR) is 58.3 cm³/mol. The lowest BCUT2D eigenvalue weighted by atomic mass is 10.0. The van der Waals surface area contributed by atoms with Crippen LogP contribution >= 0.6 is 0 Å². The van der Waals surface area contributed by atoms with Crippen molar-refractivity contribution in [3.8, 4) is 5.75 Å². The molecule has 0 saturated heterocycles. The van der Waals surface area contributed by atoms with Crippen molar-refractivity contribution >= 4 is 5.71 Å². The molecule has 0 amide bonds. The van der Waals surface area contributed by atoms with Gasteiger partial charge in [0, 0.05) is 0 Å². The first kappa shape index (κ1) is 12.7. The smallest absolute Gasteiger partial charge is 0.438 e. The molecule has 1 heterocycles. The second kappa shape index (κ2) is 4.16. The van der Waals surface area contributed by atoms with Gasteiger partial charge in [-0.15, -0.1) is 0 Å². The van der Waals surface area contributed by atoms with Crippen LogP contribution < -0.4 is 10.2 Å². The molecule has 0 aliphatic carbocycles. The number of alkyl halides is 3. The van der Waals surface area contributed by atoms with E-state index >= 15 is 0 Å². The molecule has 7 heteroatoms. The van der Waals surface area contributed by atoms with Crippen molar-refractivity contribution in [3.05, 3.63) is 29.8 Å². The molecule has 0 saturated carbocycles. The van der Waals surface area contributed by atoms with Crippen molar-refractivity contribution in [2.75, 3.05) is 7.11 Å². The highest BCUT2D eigenvalue weighted by atomic mass is 19.4. The number of hydrogen-bond acceptors (Lipinski definition) is 4. The molecule has 4 nitrogen and oxygen atoms in total. The second-order valence-electron chi connectivity index (χ2n) is 3.93. The number of hydrogen-bond donors (Lipinski definition) is 2. The van der Waals surface area contributed by atoms with Gasteiger partial charge < -0.3 is 9.84 Å². The minimum atomic E-state index is -4.77. The highest BCUT2D eigenvalue weighted by molar-refractivity contribution is 6.02. The normalized spacial score (nSPS) is 23.5. The van der Waals surface area contributed by atoms with Crippen LogP contribution in [0.4, 0.5) is 13.2 Å². The van der Waals surface area contributed by atoms with Crippen molar-refractivity contribution in [1.82, 2.24) is 5.43 Å². The molecular weight excluding hydrogens is 249 g/mol. The van der Waals surface area contributed by atoms with Crippen molar-refractivity contribution < 1.29 is 23.0 Å². The summed E-state index contributed by atoms with van der Waals surface area (Å²) in [4.78, 5) is 0. The number of hydrazone groups is 1. The lowest BCUT2D eigenvalue weighted by Crippen LogP contribution is -2.52. The zero-order valence-electron chi connectivity index (χ0n) is 9.45. The molecule has 2 N–H and O–H groups in total. The van der Waals surface area contributed by atoms with Crippen LogP contribution in [0.25, 0.3) is 0 Å². The Bertz CT molecular complexity index is 470. The van der Waals surface area contributed by atoms with Gasteiger partial charge in [-0.05, 0) is 29.8 Å². The molecule has 1 aromatic rings. The molecular formula is C11H11F3N2O2. The molecule has 2 rings (SSSR count). The van der Waals surface area contributed by atoms with E-state index < -0.39 is 18.3 Å². The summed E-state index contributed by atoms with van der Waals surface area (Å²) < 4.78 is 42.6. The van der Waals surface area contributed by atoms with E-state index in [4.69, 9.17) is 4.74 Å². The van der Waals surface area contributed by atoms with Gasteiger partial charge in [0.05, 0.1) is 19.2 Å². The summed E-state index contributed by atoms with van der Waals surface area (Å²) in [5.41, 5.74) is -0.593. The van der Waals surface area contributed by atoms with Crippen LogP contribution in [0.1, 0.15) is 12.0 Å². The van der Waals surface area contributed by atoms with Crippen LogP contribution in [0, 0.1) is 0 Å². The zero-order valence-corrected chi connectivity index (χ0v) is 9.45. The molecule has 1 atom stereocenters. The maximum atomic E-state index is 12.5. The minimum absolute atomic E-state index is 0.150. The largest absolute Gasteiger partial charge is 0.497 e. The predicted octanol–water partition coefficient (Wildman–Crippen LogP) is 1.64. The average Bonchev–Trinajstić information content (AvgIpc) is 2.73. The Morgan fingerprint density at radius 2 is 1.94 bits per heavy atom. The molecule has 1 aliphatic heterocycles. The Labute approximate surface area is 101 Å². The van der Waals surface area contributed by atoms with Crippen LogP contribution in [0.5, 0.6) is 5.75 Å². The number of halogens is 3. The Kier molecular flexibility index (Phi) is 2.94. The first-order chi connectivity index (χ1) is 8.36. The maximum Gasteiger partial charge on any atom is 0.438 e. The highest BCUT2D eigenvalue weighted by Gasteiger charge is 2.57. The summed E-state index contributed by atoms with van der Waals surface area (Å²) >= 11 is 0. The van der Waals surface area contributed by atoms with E-state index in [1.54, 1.807) is 29.7 Å². The van der Waals surface area contributed by atoms with E-state index in [1.807, 2.05) is 0 Å². The third-order valence-electron chi connectivity index (χ3n) is 2.69. The van der Waals surface area contributed by atoms with E-state index in [-0.39, 0.29) is 5.71 Å². The van der Waals surface area contributed by atoms with Crippen molar-refractivity contribution in [1.29, 1.82) is 0 Å². The van der Waals surface area contributed by atoms with E-state index in [0.29, 0.717) is 11.3 Å². The monoisotopic (exact) mass is 260 g/mol. The Balaban J connectivity index is 2.17. The number of nitrogens with one attached hydrogen (secondary N) is 1. The molecule has 0 radical (unpaired) electrons. The SMILES string of the molecule is COc1ccc(C2=NN[C@](O)(C(F)(F)F)C2)cc1. The fourth-order valence-electron chi connectivity index (χ4n) is 1.59. The minimum Gasteiger partial charge on any atom is -0.497 e. The van der Waals surface area contributed by atoms with Crippen LogP contribution in [-0.4, -0.2) is 29.8 Å². The van der Waals surface area contributed by atoms with E-state index in [2.05, 4.69) is 5.10 Å². The Morgan fingerprint density at radius 3 is 2.39 bits per heavy atom. The molecule has 0 fully saturated rings. The van der Waals surface area contributed by atoms with Crippen molar-refractivity contribution in [2.24, 2.45) is 5.10 Å². The van der Waals surface area contributed by atoms with Gasteiger partial charge in [0.25, 0.3) is 5.72 Å². The first-order valence-electron chi connectivity index (χ1n) is 5.13. The van der Waals surface area contributed by atoms with Gasteiger partial charge in [0.15, 0.2) is 0 Å². The molecule has 0 spiro atoms. The zero-order chi connectivity index (χ0) is 13.4. The second-order valence-corrected chi connectivity index (χ2v) is 3.93. The van der Waals surface area contributed by atoms with Gasteiger partial charge in [-0.2, -0.15) is 18.3 Å². The summed E-state index contributed by atoms with van der Waals surface area (Å²) in [6.45, 7) is 0. The maximum absolute atomic E-state index is 12.5. The third kappa shape index (κ3) is 2.13. The lowest BCUT2D eigenvalue weighted by molar-refractivity contribution is -0.266. The number of nitrogens with zero attached hydrogens (tertiary/aromatic N) is 1. The summed E-state index contributed by atoms with van der Waals surface area (Å²) in [6, 6.07) is 6.40. The lowest BCUT2D eigenvalue weighted by Gasteiger charge is -2.24. The summed E-state index contributed by atoms with van der Waals surface area (Å²) in [6.07, 6.45) is -5.40. The van der Waals surface area contributed by atoms with Gasteiger partial charge in [-0.25, -0.2) is 0 Å². The van der Waals surface area contributed by atoms with E-state index in [1.165, 1.54) is 7.11 Å². The molecule has 0 aromatic heterocycles. The van der Waals surface area contributed by atoms with Gasteiger partial charge in [-0.1, -0.05) is 0 Å². The van der Waals surface area contributed by atoms with E-state index in [9.17, 15) is 18.3 Å². The van der Waals surface area contributed by atoms with Crippen LogP contribution in [0.2, 0.25) is 0 Å². The number of ether oxygens (including phenoxy) is 1. The fraction of sp³-hybridized carbons (Fsp3) is 0.364. The molecule has 0 unspecified atom stereocenters. The van der Waals surface area contributed by atoms with Crippen molar-refractivity contribution in [2.45, 2.75) is 18.3 Å². The number of methoxy groups -OCH3 is 1. The van der Waals surface area contributed by atoms with Crippen LogP contribution in [0.3, 0.4) is 0 Å². The Hall–Kier alpha value is -1.76. The standard InChI is InChI=1S/C11H11F3N2O2/c1-18-8-4-2-7(3-5-8)9-6-10(17,16-15-9)11(12,13)14/h2-5,16-17H,6H2,1H3/t10-/m1/s1. The van der Waals surface area contributed by atoms with Crippen molar-refractivity contribution in [3.63, 3.8) is 0 Å². The quantitative estimate of drug-likeness (QED) is 0.850. The molecule has 1 aromatic carbocycles. The number of benzene rings is 1. The van der Waals surface area contributed by atoms with Gasteiger partial charge >= 0.3 is 6.18 Å². The highest BCUT2D eigenvalue weighted by Crippen LogP contribution is 2.35. The van der Waals surface area contributed by atoms with Crippen LogP contribution in [0.15, 0.2) is 29.4 Å². The van der Waals surface area contributed by atoms with E-state index in [0.717, 1.165) is 0 Å². The molecule has 1 aliphatic rings. The summed E-state index contributed by atoms with van der Waals surface area (Å²) in [5, 5.41) is 12.9. The third-order valence-corrected chi connectivity index (χ3v) is 2.69. The fourth-order valence-corrected chi connectivity index (χ4v) is 1.59. The van der Waals surface area contributed by atoms with Crippen LogP contribution in [-0.2, 0) is 0 Å². The molecule has 18 heavy (non-hydrogen) atoms. The first-order valence-corrected chi connectivity index (χ1v) is 5.13. The Morgan fingerprint density at radius 1 is 1.33 bits per heavy atom. The van der Waals surface area contributed by atoms with Gasteiger partial charge in [-0.3, -0.25) is 5.43 Å². The summed E-state index contributed by atoms with van der Waals surface area (Å²) in [5.74, 6) is 0.594. The number of rotatable bonds is 2. The molecule has 98 valence electrons. The number of aliphatic hydroxyl groups is 1. The van der Waals surface area contributed by atoms with Gasteiger partial charge in [0.2, 0.25) is 0 Å². The molecule has 0 bridgehead atoms. The summed E-state index contributed by atoms with van der Waals surface area (Å²) in [7, 11) is 1.49.